The van der Waals surface area contributed by atoms with E-state index < -0.39 is 24.1 Å². The molecular weight excluding hydrogens is 356 g/mol. The predicted molar refractivity (Wildman–Crippen MR) is 109 cm³/mol. The zero-order valence-electron chi connectivity index (χ0n) is 17.9. The van der Waals surface area contributed by atoms with Crippen molar-refractivity contribution in [1.29, 1.82) is 0 Å². The average Bonchev–Trinajstić information content (AvgIpc) is 3.00. The fourth-order valence-electron chi connectivity index (χ4n) is 5.91. The van der Waals surface area contributed by atoms with Gasteiger partial charge in [-0.25, -0.2) is 4.79 Å². The zero-order valence-corrected chi connectivity index (χ0v) is 17.9. The Morgan fingerprint density at radius 1 is 1.36 bits per heavy atom. The maximum atomic E-state index is 12.6. The van der Waals surface area contributed by atoms with Gasteiger partial charge in [-0.3, -0.25) is 4.79 Å². The first-order valence-electron chi connectivity index (χ1n) is 10.8. The van der Waals surface area contributed by atoms with E-state index in [4.69, 9.17) is 9.84 Å². The van der Waals surface area contributed by atoms with Crippen LogP contribution in [0, 0.1) is 28.6 Å². The lowest BCUT2D eigenvalue weighted by atomic mass is 9.58. The van der Waals surface area contributed by atoms with E-state index in [1.54, 1.807) is 6.08 Å². The Labute approximate surface area is 169 Å². The minimum Gasteiger partial charge on any atom is -0.461 e. The van der Waals surface area contributed by atoms with E-state index in [2.05, 4.69) is 27.4 Å². The van der Waals surface area contributed by atoms with Crippen molar-refractivity contribution in [3.05, 3.63) is 12.7 Å². The number of carbonyl (C=O) groups is 2. The number of rotatable bonds is 4. The molecule has 0 radical (unpaired) electrons. The second-order valence-corrected chi connectivity index (χ2v) is 9.46. The minimum absolute atomic E-state index is 0.000792. The molecule has 2 N–H and O–H groups in total. The second-order valence-electron chi connectivity index (χ2n) is 9.46. The van der Waals surface area contributed by atoms with Gasteiger partial charge >= 0.3 is 5.97 Å². The van der Waals surface area contributed by atoms with Gasteiger partial charge in [-0.1, -0.05) is 40.2 Å². The van der Waals surface area contributed by atoms with Gasteiger partial charge in [0.1, 0.15) is 18.5 Å². The summed E-state index contributed by atoms with van der Waals surface area (Å²) in [4.78, 5) is 24.3. The van der Waals surface area contributed by atoms with Crippen molar-refractivity contribution in [2.75, 3.05) is 6.61 Å². The van der Waals surface area contributed by atoms with Crippen LogP contribution in [0.15, 0.2) is 12.7 Å². The standard InChI is InChI=1S/C23H38O5/c1-6-18-19(25)9-11-23(18)10-8-15(3)12-17(28-20(26)14-24)13-22(5,7-2)21(27)16(23)4/h7,15-18,21,24,27H,2,6,8-14H2,1,3-5H3/t15?,16-,17-,18?,21?,22-,23?/m0/s1. The van der Waals surface area contributed by atoms with Gasteiger partial charge in [0.25, 0.3) is 0 Å². The molecule has 0 saturated heterocycles. The first-order valence-corrected chi connectivity index (χ1v) is 10.8. The summed E-state index contributed by atoms with van der Waals surface area (Å²) in [5.74, 6) is -0.0428. The van der Waals surface area contributed by atoms with Crippen molar-refractivity contribution in [2.45, 2.75) is 84.8 Å². The quantitative estimate of drug-likeness (QED) is 0.561. The van der Waals surface area contributed by atoms with Crippen molar-refractivity contribution in [1.82, 2.24) is 0 Å². The van der Waals surface area contributed by atoms with Gasteiger partial charge in [-0.05, 0) is 49.4 Å². The van der Waals surface area contributed by atoms with Crippen LogP contribution in [0.5, 0.6) is 0 Å². The Balaban J connectivity index is 2.41. The van der Waals surface area contributed by atoms with Gasteiger partial charge in [-0.2, -0.15) is 0 Å². The smallest absolute Gasteiger partial charge is 0.332 e. The third-order valence-corrected chi connectivity index (χ3v) is 7.71. The first kappa shape index (κ1) is 23.1. The highest BCUT2D eigenvalue weighted by Crippen LogP contribution is 2.56. The number of Topliss-reactive ketones (excluding diaryl/α,β-unsaturated/α-hetero) is 1. The van der Waals surface area contributed by atoms with Crippen LogP contribution >= 0.6 is 0 Å². The fourth-order valence-corrected chi connectivity index (χ4v) is 5.91. The molecule has 1 spiro atoms. The maximum Gasteiger partial charge on any atom is 0.332 e. The molecule has 0 aliphatic heterocycles. The average molecular weight is 395 g/mol. The molecule has 2 saturated carbocycles. The molecule has 160 valence electrons. The molecule has 2 aliphatic carbocycles. The summed E-state index contributed by atoms with van der Waals surface area (Å²) in [7, 11) is 0. The number of ether oxygens (including phenoxy) is 1. The molecule has 2 fully saturated rings. The molecule has 0 aromatic carbocycles. The van der Waals surface area contributed by atoms with E-state index in [0.717, 1.165) is 25.7 Å². The largest absolute Gasteiger partial charge is 0.461 e. The van der Waals surface area contributed by atoms with Gasteiger partial charge in [0.2, 0.25) is 0 Å². The van der Waals surface area contributed by atoms with Gasteiger partial charge in [0.05, 0.1) is 6.10 Å². The minimum atomic E-state index is -0.686. The molecule has 4 unspecified atom stereocenters. The second kappa shape index (κ2) is 9.08. The Morgan fingerprint density at radius 3 is 2.61 bits per heavy atom. The van der Waals surface area contributed by atoms with Crippen LogP contribution in [-0.4, -0.2) is 40.8 Å². The highest BCUT2D eigenvalue weighted by Gasteiger charge is 2.54. The zero-order chi connectivity index (χ0) is 21.1. The lowest BCUT2D eigenvalue weighted by Crippen LogP contribution is -2.49. The Morgan fingerprint density at radius 2 is 2.04 bits per heavy atom. The van der Waals surface area contributed by atoms with Crippen molar-refractivity contribution < 1.29 is 24.5 Å². The number of carbonyl (C=O) groups excluding carboxylic acids is 2. The van der Waals surface area contributed by atoms with Crippen molar-refractivity contribution in [3.8, 4) is 0 Å². The summed E-state index contributed by atoms with van der Waals surface area (Å²) < 4.78 is 5.50. The molecule has 0 amide bonds. The van der Waals surface area contributed by atoms with Crippen LogP contribution in [0.3, 0.4) is 0 Å². The van der Waals surface area contributed by atoms with Crippen LogP contribution < -0.4 is 0 Å². The van der Waals surface area contributed by atoms with Gasteiger partial charge in [0.15, 0.2) is 0 Å². The molecular formula is C23H38O5. The fraction of sp³-hybridized carbons (Fsp3) is 0.826. The summed E-state index contributed by atoms with van der Waals surface area (Å²) in [5, 5.41) is 20.5. The van der Waals surface area contributed by atoms with Crippen molar-refractivity contribution in [3.63, 3.8) is 0 Å². The van der Waals surface area contributed by atoms with Crippen molar-refractivity contribution in [2.24, 2.45) is 28.6 Å². The van der Waals surface area contributed by atoms with E-state index in [1.807, 2.05) is 6.92 Å². The van der Waals surface area contributed by atoms with Gasteiger partial charge < -0.3 is 14.9 Å². The van der Waals surface area contributed by atoms with E-state index in [1.165, 1.54) is 0 Å². The van der Waals surface area contributed by atoms with Crippen molar-refractivity contribution >= 4 is 11.8 Å². The Hall–Kier alpha value is -1.20. The topological polar surface area (TPSA) is 83.8 Å². The molecule has 0 bridgehead atoms. The Bertz CT molecular complexity index is 588. The van der Waals surface area contributed by atoms with E-state index in [-0.39, 0.29) is 23.4 Å². The van der Waals surface area contributed by atoms with Crippen LogP contribution in [0.4, 0.5) is 0 Å². The summed E-state index contributed by atoms with van der Waals surface area (Å²) in [6, 6.07) is 0. The molecule has 0 aromatic rings. The molecule has 0 aromatic heterocycles. The number of ketones is 1. The van der Waals surface area contributed by atoms with Crippen LogP contribution in [0.1, 0.15) is 72.6 Å². The van der Waals surface area contributed by atoms with E-state index in [0.29, 0.717) is 31.0 Å². The third kappa shape index (κ3) is 4.35. The summed E-state index contributed by atoms with van der Waals surface area (Å²) in [6.07, 6.45) is 5.92. The summed E-state index contributed by atoms with van der Waals surface area (Å²) >= 11 is 0. The van der Waals surface area contributed by atoms with Crippen LogP contribution in [0.25, 0.3) is 0 Å². The van der Waals surface area contributed by atoms with E-state index >= 15 is 0 Å². The van der Waals surface area contributed by atoms with Gasteiger partial charge in [-0.15, -0.1) is 6.58 Å². The molecule has 2 aliphatic rings. The molecule has 5 heteroatoms. The summed E-state index contributed by atoms with van der Waals surface area (Å²) in [5.41, 5.74) is -0.827. The highest BCUT2D eigenvalue weighted by atomic mass is 16.6. The first-order chi connectivity index (χ1) is 13.1. The molecule has 7 atom stereocenters. The van der Waals surface area contributed by atoms with Gasteiger partial charge in [0, 0.05) is 17.8 Å². The summed E-state index contributed by atoms with van der Waals surface area (Å²) in [6.45, 7) is 11.6. The highest BCUT2D eigenvalue weighted by molar-refractivity contribution is 5.84. The number of hydrogen-bond acceptors (Lipinski definition) is 5. The lowest BCUT2D eigenvalue weighted by Gasteiger charge is -2.48. The SMILES string of the molecule is C=C[C@@]1(C)C[C@@H](OC(=O)CO)CC(C)CCC2(CCC(=O)C2CC)[C@@H](C)C1O. The van der Waals surface area contributed by atoms with Crippen LogP contribution in [-0.2, 0) is 14.3 Å². The predicted octanol–water partition coefficient (Wildman–Crippen LogP) is 3.67. The Kier molecular flexibility index (Phi) is 7.49. The molecule has 28 heavy (non-hydrogen) atoms. The normalized spacial score (nSPS) is 42.4. The number of hydrogen-bond donors (Lipinski definition) is 2. The van der Waals surface area contributed by atoms with E-state index in [9.17, 15) is 14.7 Å². The van der Waals surface area contributed by atoms with Crippen LogP contribution in [0.2, 0.25) is 0 Å². The number of esters is 1. The molecule has 5 nitrogen and oxygen atoms in total. The lowest BCUT2D eigenvalue weighted by molar-refractivity contribution is -0.157. The number of aliphatic hydroxyl groups excluding tert-OH is 2. The number of aliphatic hydroxyl groups is 2. The molecule has 2 rings (SSSR count). The molecule has 0 heterocycles. The third-order valence-electron chi connectivity index (χ3n) is 7.71. The maximum absolute atomic E-state index is 12.6. The monoisotopic (exact) mass is 394 g/mol.